The summed E-state index contributed by atoms with van der Waals surface area (Å²) in [6.07, 6.45) is 3.06. The third kappa shape index (κ3) is 4.41. The van der Waals surface area contributed by atoms with Crippen molar-refractivity contribution in [3.8, 4) is 28.8 Å². The van der Waals surface area contributed by atoms with Crippen LogP contribution in [0.1, 0.15) is 27.2 Å². The number of imidazole rings is 1. The number of fused-ring (bicyclic) bond motifs is 1. The second-order valence-corrected chi connectivity index (χ2v) is 8.05. The Morgan fingerprint density at radius 2 is 1.78 bits per heavy atom. The van der Waals surface area contributed by atoms with Gasteiger partial charge in [0.05, 0.1) is 18.0 Å². The molecule has 10 nitrogen and oxygen atoms in total. The number of H-pyrrole nitrogens is 1. The Labute approximate surface area is 205 Å². The van der Waals surface area contributed by atoms with Gasteiger partial charge in [-0.15, -0.1) is 0 Å². The molecule has 0 aliphatic carbocycles. The van der Waals surface area contributed by atoms with Crippen LogP contribution in [0.4, 0.5) is 11.6 Å². The fraction of sp³-hybridized carbons (Fsp3) is 0.0769. The minimum Gasteiger partial charge on any atom is -0.477 e. The molecule has 3 N–H and O–H groups in total. The van der Waals surface area contributed by atoms with E-state index in [0.29, 0.717) is 40.0 Å². The van der Waals surface area contributed by atoms with Crippen molar-refractivity contribution >= 4 is 28.8 Å². The highest BCUT2D eigenvalue weighted by Crippen LogP contribution is 2.35. The molecule has 0 atom stereocenters. The zero-order chi connectivity index (χ0) is 25.2. The van der Waals surface area contributed by atoms with Gasteiger partial charge in [-0.25, -0.2) is 14.8 Å². The number of anilines is 2. The summed E-state index contributed by atoms with van der Waals surface area (Å²) >= 11 is 0. The van der Waals surface area contributed by atoms with Gasteiger partial charge < -0.3 is 20.1 Å². The number of ether oxygens (including phenoxy) is 1. The van der Waals surface area contributed by atoms with Crippen LogP contribution in [0, 0.1) is 25.2 Å². The van der Waals surface area contributed by atoms with Crippen LogP contribution in [-0.2, 0) is 0 Å². The number of aromatic nitrogens is 5. The van der Waals surface area contributed by atoms with Gasteiger partial charge in [-0.05, 0) is 73.0 Å². The van der Waals surface area contributed by atoms with Gasteiger partial charge >= 0.3 is 5.97 Å². The fourth-order valence-corrected chi connectivity index (χ4v) is 3.76. The highest BCUT2D eigenvalue weighted by molar-refractivity contribution is 5.86. The zero-order valence-corrected chi connectivity index (χ0v) is 19.3. The Bertz CT molecular complexity index is 1610. The average molecular weight is 477 g/mol. The lowest BCUT2D eigenvalue weighted by molar-refractivity contribution is 0.0690. The van der Waals surface area contributed by atoms with E-state index in [1.807, 2.05) is 26.0 Å². The van der Waals surface area contributed by atoms with Crippen LogP contribution in [0.3, 0.4) is 0 Å². The van der Waals surface area contributed by atoms with Gasteiger partial charge in [0.2, 0.25) is 5.95 Å². The number of nitrogens with zero attached hydrogens (tertiary/aromatic N) is 5. The molecular weight excluding hydrogens is 458 g/mol. The molecule has 3 aromatic heterocycles. The molecule has 0 aliphatic heterocycles. The van der Waals surface area contributed by atoms with Crippen molar-refractivity contribution < 1.29 is 14.6 Å². The van der Waals surface area contributed by atoms with Crippen LogP contribution >= 0.6 is 0 Å². The zero-order valence-electron chi connectivity index (χ0n) is 19.3. The van der Waals surface area contributed by atoms with E-state index in [9.17, 15) is 4.79 Å². The van der Waals surface area contributed by atoms with Crippen molar-refractivity contribution in [2.75, 3.05) is 5.32 Å². The van der Waals surface area contributed by atoms with Crippen LogP contribution in [0.25, 0.3) is 22.3 Å². The van der Waals surface area contributed by atoms with Gasteiger partial charge in [0, 0.05) is 17.4 Å². The molecule has 0 saturated carbocycles. The van der Waals surface area contributed by atoms with Crippen molar-refractivity contribution in [3.63, 3.8) is 0 Å². The summed E-state index contributed by atoms with van der Waals surface area (Å²) in [5, 5.41) is 21.2. The first-order valence-corrected chi connectivity index (χ1v) is 10.9. The molecule has 0 saturated heterocycles. The quantitative estimate of drug-likeness (QED) is 0.302. The van der Waals surface area contributed by atoms with Crippen molar-refractivity contribution in [3.05, 3.63) is 83.4 Å². The van der Waals surface area contributed by atoms with E-state index in [2.05, 4.69) is 36.3 Å². The number of nitriles is 1. The summed E-state index contributed by atoms with van der Waals surface area (Å²) in [4.78, 5) is 31.4. The second kappa shape index (κ2) is 9.15. The average Bonchev–Trinajstić information content (AvgIpc) is 3.35. The normalized spacial score (nSPS) is 10.7. The number of carbonyl (C=O) groups is 1. The topological polar surface area (TPSA) is 150 Å². The molecular formula is C26H19N7O3. The van der Waals surface area contributed by atoms with Crippen LogP contribution in [0.5, 0.6) is 11.6 Å². The smallest absolute Gasteiger partial charge is 0.354 e. The van der Waals surface area contributed by atoms with Crippen LogP contribution in [0.2, 0.25) is 0 Å². The lowest BCUT2D eigenvalue weighted by atomic mass is 10.0. The summed E-state index contributed by atoms with van der Waals surface area (Å²) in [7, 11) is 0. The highest BCUT2D eigenvalue weighted by Gasteiger charge is 2.16. The predicted molar refractivity (Wildman–Crippen MR) is 132 cm³/mol. The van der Waals surface area contributed by atoms with Crippen molar-refractivity contribution in [2.45, 2.75) is 13.8 Å². The molecule has 0 radical (unpaired) electrons. The third-order valence-corrected chi connectivity index (χ3v) is 5.50. The van der Waals surface area contributed by atoms with Gasteiger partial charge in [0.1, 0.15) is 17.0 Å². The van der Waals surface area contributed by atoms with Crippen molar-refractivity contribution in [1.82, 2.24) is 24.9 Å². The summed E-state index contributed by atoms with van der Waals surface area (Å²) in [6, 6.07) is 16.1. The highest BCUT2D eigenvalue weighted by atomic mass is 16.5. The Morgan fingerprint density at radius 1 is 1.03 bits per heavy atom. The first-order chi connectivity index (χ1) is 17.4. The van der Waals surface area contributed by atoms with Crippen molar-refractivity contribution in [2.24, 2.45) is 0 Å². The summed E-state index contributed by atoms with van der Waals surface area (Å²) in [5.41, 5.74) is 5.66. The number of aromatic carboxylic acids is 1. The Balaban J connectivity index is 1.47. The monoisotopic (exact) mass is 477 g/mol. The predicted octanol–water partition coefficient (Wildman–Crippen LogP) is 5.14. The van der Waals surface area contributed by atoms with Gasteiger partial charge in [-0.1, -0.05) is 6.07 Å². The second-order valence-electron chi connectivity index (χ2n) is 8.05. The molecule has 2 aromatic carbocycles. The molecule has 5 rings (SSSR count). The minimum atomic E-state index is -1.07. The minimum absolute atomic E-state index is 0.00935. The summed E-state index contributed by atoms with van der Waals surface area (Å²) in [5.74, 6) is 0.166. The standard InChI is InChI=1S/C26H19N7O3/c1-14-9-18(17-5-8-20(25(34)35)28-12-17)10-15(2)22(14)36-24-21-23(30-13-29-21)32-26(33-24)31-19-6-3-16(11-27)4-7-19/h3-10,12-13H,1-2H3,(H,34,35)(H2,29,30,31,32,33). The third-order valence-electron chi connectivity index (χ3n) is 5.50. The molecule has 0 amide bonds. The maximum atomic E-state index is 11.1. The van der Waals surface area contributed by atoms with Gasteiger partial charge in [-0.3, -0.25) is 0 Å². The number of hydrogen-bond donors (Lipinski definition) is 3. The molecule has 0 fully saturated rings. The number of aromatic amines is 1. The van der Waals surface area contributed by atoms with Crippen LogP contribution < -0.4 is 10.1 Å². The number of benzene rings is 2. The number of hydrogen-bond acceptors (Lipinski definition) is 8. The number of carboxylic acids is 1. The van der Waals surface area contributed by atoms with Gasteiger partial charge in [-0.2, -0.15) is 15.2 Å². The lowest BCUT2D eigenvalue weighted by Gasteiger charge is -2.14. The molecule has 176 valence electrons. The van der Waals surface area contributed by atoms with E-state index in [0.717, 1.165) is 22.3 Å². The molecule has 10 heteroatoms. The van der Waals surface area contributed by atoms with Gasteiger partial charge in [0.15, 0.2) is 5.65 Å². The van der Waals surface area contributed by atoms with Crippen LogP contribution in [-0.4, -0.2) is 36.0 Å². The van der Waals surface area contributed by atoms with Gasteiger partial charge in [0.25, 0.3) is 5.88 Å². The summed E-state index contributed by atoms with van der Waals surface area (Å²) < 4.78 is 6.27. The Morgan fingerprint density at radius 3 is 2.42 bits per heavy atom. The number of nitrogens with one attached hydrogen (secondary N) is 2. The first-order valence-electron chi connectivity index (χ1n) is 10.9. The van der Waals surface area contributed by atoms with E-state index < -0.39 is 5.97 Å². The van der Waals surface area contributed by atoms with E-state index in [1.54, 1.807) is 30.3 Å². The number of rotatable bonds is 6. The van der Waals surface area contributed by atoms with Crippen LogP contribution in [0.15, 0.2) is 61.1 Å². The van der Waals surface area contributed by atoms with E-state index in [1.165, 1.54) is 18.6 Å². The SMILES string of the molecule is Cc1cc(-c2ccc(C(=O)O)nc2)cc(C)c1Oc1nc(Nc2ccc(C#N)cc2)nc2nc[nH]c12. The number of carboxylic acid groups (broad SMARTS) is 1. The maximum absolute atomic E-state index is 11.1. The van der Waals surface area contributed by atoms with E-state index in [4.69, 9.17) is 15.1 Å². The number of pyridine rings is 1. The number of aryl methyl sites for hydroxylation is 2. The molecule has 5 aromatic rings. The Kier molecular flexibility index (Phi) is 5.72. The molecule has 36 heavy (non-hydrogen) atoms. The van der Waals surface area contributed by atoms with Crippen molar-refractivity contribution in [1.29, 1.82) is 5.26 Å². The largest absolute Gasteiger partial charge is 0.477 e. The molecule has 0 spiro atoms. The summed E-state index contributed by atoms with van der Waals surface area (Å²) in [6.45, 7) is 3.85. The molecule has 3 heterocycles. The molecule has 0 unspecified atom stereocenters. The van der Waals surface area contributed by atoms with E-state index >= 15 is 0 Å². The maximum Gasteiger partial charge on any atom is 0.354 e. The first kappa shape index (κ1) is 22.5. The lowest BCUT2D eigenvalue weighted by Crippen LogP contribution is -2.02. The Hall–Kier alpha value is -5.30. The fourth-order valence-electron chi connectivity index (χ4n) is 3.76. The molecule has 0 aliphatic rings. The molecule has 0 bridgehead atoms. The van der Waals surface area contributed by atoms with E-state index in [-0.39, 0.29) is 5.69 Å².